The third kappa shape index (κ3) is 3.49. The topological polar surface area (TPSA) is 74.5 Å². The van der Waals surface area contributed by atoms with Crippen molar-refractivity contribution in [2.24, 2.45) is 5.84 Å². The average Bonchev–Trinajstić information content (AvgIpc) is 2.73. The molecule has 1 aliphatic heterocycles. The number of carbonyl (C=O) groups is 1. The van der Waals surface area contributed by atoms with Crippen LogP contribution in [-0.2, 0) is 6.54 Å². The minimum absolute atomic E-state index is 0.318. The number of nitrogens with one attached hydrogen (secondary N) is 1. The second kappa shape index (κ2) is 6.24. The number of nitrogens with zero attached hydrogens (tertiary/aromatic N) is 3. The summed E-state index contributed by atoms with van der Waals surface area (Å²) in [6.07, 6.45) is 1.18. The van der Waals surface area contributed by atoms with Gasteiger partial charge in [0.25, 0.3) is 5.91 Å². The molecule has 1 aromatic rings. The van der Waals surface area contributed by atoms with E-state index < -0.39 is 0 Å². The van der Waals surface area contributed by atoms with Gasteiger partial charge in [-0.1, -0.05) is 0 Å². The van der Waals surface area contributed by atoms with E-state index in [4.69, 9.17) is 5.84 Å². The molecular weight excluding hydrogens is 250 g/mol. The fourth-order valence-electron chi connectivity index (χ4n) is 2.03. The van der Waals surface area contributed by atoms with Gasteiger partial charge in [-0.15, -0.1) is 11.3 Å². The number of amides is 1. The number of nitrogen functional groups attached to an aromatic ring is 1. The lowest BCUT2D eigenvalue weighted by molar-refractivity contribution is 0.0953. The lowest BCUT2D eigenvalue weighted by Crippen LogP contribution is -2.30. The zero-order chi connectivity index (χ0) is 13.0. The molecule has 1 aromatic heterocycles. The molecule has 1 amide bonds. The Hall–Kier alpha value is -1.02. The summed E-state index contributed by atoms with van der Waals surface area (Å²) >= 11 is 1.34. The van der Waals surface area contributed by atoms with Gasteiger partial charge in [0, 0.05) is 25.0 Å². The molecule has 2 rings (SSSR count). The van der Waals surface area contributed by atoms with E-state index in [2.05, 4.69) is 27.3 Å². The van der Waals surface area contributed by atoms with E-state index in [9.17, 15) is 4.79 Å². The number of hydrazine groups is 1. The number of hydrogen-bond donors (Lipinski definition) is 2. The summed E-state index contributed by atoms with van der Waals surface area (Å²) < 4.78 is 0. The van der Waals surface area contributed by atoms with Crippen LogP contribution in [0.15, 0.2) is 5.38 Å². The number of likely N-dealkylation sites (N-methyl/N-ethyl adjacent to an activating group) is 1. The van der Waals surface area contributed by atoms with Crippen molar-refractivity contribution in [3.05, 3.63) is 16.1 Å². The molecule has 100 valence electrons. The van der Waals surface area contributed by atoms with E-state index in [-0.39, 0.29) is 5.91 Å². The summed E-state index contributed by atoms with van der Waals surface area (Å²) in [6, 6.07) is 0. The van der Waals surface area contributed by atoms with E-state index in [1.807, 2.05) is 5.38 Å². The van der Waals surface area contributed by atoms with Gasteiger partial charge in [-0.3, -0.25) is 15.1 Å². The highest BCUT2D eigenvalue weighted by atomic mass is 32.1. The van der Waals surface area contributed by atoms with Gasteiger partial charge >= 0.3 is 0 Å². The lowest BCUT2D eigenvalue weighted by atomic mass is 10.3. The van der Waals surface area contributed by atoms with E-state index in [0.717, 1.165) is 38.4 Å². The molecule has 3 N–H and O–H groups in total. The highest BCUT2D eigenvalue weighted by Gasteiger charge is 2.15. The summed E-state index contributed by atoms with van der Waals surface area (Å²) in [7, 11) is 2.15. The normalized spacial score (nSPS) is 18.6. The van der Waals surface area contributed by atoms with Crippen molar-refractivity contribution in [2.45, 2.75) is 13.0 Å². The number of thiazole rings is 1. The highest BCUT2D eigenvalue weighted by Crippen LogP contribution is 2.13. The SMILES string of the molecule is CN1CCCN(Cc2csc(C(=O)NN)n2)CC1. The zero-order valence-corrected chi connectivity index (χ0v) is 11.4. The maximum Gasteiger partial charge on any atom is 0.294 e. The van der Waals surface area contributed by atoms with Crippen LogP contribution in [0.2, 0.25) is 0 Å². The van der Waals surface area contributed by atoms with Crippen LogP contribution in [0, 0.1) is 0 Å². The summed E-state index contributed by atoms with van der Waals surface area (Å²) in [5.74, 6) is 4.77. The standard InChI is InChI=1S/C11H19N5OS/c1-15-3-2-4-16(6-5-15)7-9-8-18-11(13-9)10(17)14-12/h8H,2-7,12H2,1H3,(H,14,17). The molecule has 1 saturated heterocycles. The van der Waals surface area contributed by atoms with Crippen LogP contribution in [-0.4, -0.2) is 53.9 Å². The first-order chi connectivity index (χ1) is 8.69. The molecule has 18 heavy (non-hydrogen) atoms. The molecule has 0 radical (unpaired) electrons. The van der Waals surface area contributed by atoms with Crippen LogP contribution < -0.4 is 11.3 Å². The summed E-state index contributed by atoms with van der Waals surface area (Å²) in [5.41, 5.74) is 3.05. The molecule has 7 heteroatoms. The van der Waals surface area contributed by atoms with Crippen molar-refractivity contribution in [3.63, 3.8) is 0 Å². The first kappa shape index (κ1) is 13.4. The van der Waals surface area contributed by atoms with Crippen molar-refractivity contribution in [3.8, 4) is 0 Å². The van der Waals surface area contributed by atoms with Gasteiger partial charge in [0.2, 0.25) is 0 Å². The van der Waals surface area contributed by atoms with Crippen LogP contribution >= 0.6 is 11.3 Å². The Bertz CT molecular complexity index is 408. The van der Waals surface area contributed by atoms with Gasteiger partial charge in [0.05, 0.1) is 5.69 Å². The third-order valence-electron chi connectivity index (χ3n) is 3.07. The number of carbonyl (C=O) groups excluding carboxylic acids is 1. The molecular formula is C11H19N5OS. The van der Waals surface area contributed by atoms with Crippen molar-refractivity contribution >= 4 is 17.2 Å². The van der Waals surface area contributed by atoms with Crippen LogP contribution in [0.3, 0.4) is 0 Å². The zero-order valence-electron chi connectivity index (χ0n) is 10.6. The molecule has 0 atom stereocenters. The van der Waals surface area contributed by atoms with Crippen LogP contribution in [0.4, 0.5) is 0 Å². The predicted molar refractivity (Wildman–Crippen MR) is 71.2 cm³/mol. The Labute approximate surface area is 111 Å². The van der Waals surface area contributed by atoms with Gasteiger partial charge in [0.15, 0.2) is 5.01 Å². The van der Waals surface area contributed by atoms with Crippen LogP contribution in [0.25, 0.3) is 0 Å². The van der Waals surface area contributed by atoms with Gasteiger partial charge in [-0.25, -0.2) is 10.8 Å². The van der Waals surface area contributed by atoms with Crippen molar-refractivity contribution in [1.29, 1.82) is 0 Å². The van der Waals surface area contributed by atoms with E-state index in [0.29, 0.717) is 5.01 Å². The molecule has 0 bridgehead atoms. The van der Waals surface area contributed by atoms with Crippen LogP contribution in [0.1, 0.15) is 21.9 Å². The fraction of sp³-hybridized carbons (Fsp3) is 0.636. The predicted octanol–water partition coefficient (Wildman–Crippen LogP) is -0.116. The Balaban J connectivity index is 1.92. The summed E-state index contributed by atoms with van der Waals surface area (Å²) in [6.45, 7) is 5.17. The molecule has 2 heterocycles. The van der Waals surface area contributed by atoms with Crippen molar-refractivity contribution < 1.29 is 4.79 Å². The molecule has 0 aliphatic carbocycles. The number of hydrogen-bond acceptors (Lipinski definition) is 6. The average molecular weight is 269 g/mol. The molecule has 0 unspecified atom stereocenters. The maximum atomic E-state index is 11.3. The van der Waals surface area contributed by atoms with Crippen molar-refractivity contribution in [2.75, 3.05) is 33.2 Å². The Morgan fingerprint density at radius 2 is 2.33 bits per heavy atom. The molecule has 0 saturated carbocycles. The lowest BCUT2D eigenvalue weighted by Gasteiger charge is -2.18. The van der Waals surface area contributed by atoms with Gasteiger partial charge in [-0.2, -0.15) is 0 Å². The van der Waals surface area contributed by atoms with E-state index in [1.165, 1.54) is 17.8 Å². The molecule has 0 aromatic carbocycles. The minimum atomic E-state index is -0.318. The Kier molecular flexibility index (Phi) is 4.65. The second-order valence-electron chi connectivity index (χ2n) is 4.55. The molecule has 1 fully saturated rings. The Morgan fingerprint density at radius 3 is 3.11 bits per heavy atom. The third-order valence-corrected chi connectivity index (χ3v) is 3.96. The second-order valence-corrected chi connectivity index (χ2v) is 5.41. The van der Waals surface area contributed by atoms with Gasteiger partial charge in [-0.05, 0) is 26.6 Å². The summed E-state index contributed by atoms with van der Waals surface area (Å²) in [4.78, 5) is 20.3. The monoisotopic (exact) mass is 269 g/mol. The highest BCUT2D eigenvalue weighted by molar-refractivity contribution is 7.11. The largest absolute Gasteiger partial charge is 0.305 e. The van der Waals surface area contributed by atoms with Gasteiger partial charge in [0.1, 0.15) is 0 Å². The number of rotatable bonds is 3. The van der Waals surface area contributed by atoms with E-state index in [1.54, 1.807) is 0 Å². The first-order valence-corrected chi connectivity index (χ1v) is 6.93. The fourth-order valence-corrected chi connectivity index (χ4v) is 2.74. The van der Waals surface area contributed by atoms with Crippen molar-refractivity contribution in [1.82, 2.24) is 20.2 Å². The quantitative estimate of drug-likeness (QED) is 0.455. The van der Waals surface area contributed by atoms with E-state index >= 15 is 0 Å². The molecule has 0 spiro atoms. The molecule has 1 aliphatic rings. The first-order valence-electron chi connectivity index (χ1n) is 6.05. The smallest absolute Gasteiger partial charge is 0.294 e. The summed E-state index contributed by atoms with van der Waals surface area (Å²) in [5, 5.41) is 2.36. The Morgan fingerprint density at radius 1 is 1.50 bits per heavy atom. The van der Waals surface area contributed by atoms with Gasteiger partial charge < -0.3 is 4.90 Å². The number of aromatic nitrogens is 1. The minimum Gasteiger partial charge on any atom is -0.305 e. The van der Waals surface area contributed by atoms with Crippen LogP contribution in [0.5, 0.6) is 0 Å². The maximum absolute atomic E-state index is 11.3. The number of nitrogens with two attached hydrogens (primary N) is 1. The molecule has 6 nitrogen and oxygen atoms in total.